The number of urea groups is 1. The van der Waals surface area contributed by atoms with Crippen molar-refractivity contribution in [2.75, 3.05) is 6.54 Å². The van der Waals surface area contributed by atoms with E-state index < -0.39 is 23.6 Å². The van der Waals surface area contributed by atoms with Crippen LogP contribution in [0.2, 0.25) is 0 Å². The number of benzene rings is 1. The van der Waals surface area contributed by atoms with Gasteiger partial charge in [0, 0.05) is 6.54 Å². The van der Waals surface area contributed by atoms with Gasteiger partial charge in [-0.3, -0.25) is 0 Å². The molecule has 90 valence electrons. The molecule has 1 aromatic carbocycles. The Hall–Kier alpha value is -2.11. The predicted molar refractivity (Wildman–Crippen MR) is 60.2 cm³/mol. The topological polar surface area (TPSA) is 78.9 Å². The van der Waals surface area contributed by atoms with Crippen LogP contribution in [-0.2, 0) is 0 Å². The fourth-order valence-corrected chi connectivity index (χ4v) is 1.87. The van der Waals surface area contributed by atoms with Gasteiger partial charge < -0.3 is 15.7 Å². The summed E-state index contributed by atoms with van der Waals surface area (Å²) in [6.07, 6.45) is 0. The van der Waals surface area contributed by atoms with E-state index in [2.05, 4.69) is 4.99 Å². The minimum absolute atomic E-state index is 0.141. The summed E-state index contributed by atoms with van der Waals surface area (Å²) in [7, 11) is 0. The average Bonchev–Trinajstić information content (AvgIpc) is 2.57. The van der Waals surface area contributed by atoms with Crippen molar-refractivity contribution in [3.05, 3.63) is 29.6 Å². The van der Waals surface area contributed by atoms with Crippen LogP contribution < -0.4 is 5.73 Å². The number of carbonyl (C=O) groups is 1. The molecule has 1 unspecified atom stereocenters. The standard InChI is InChI=1S/C11H12FN3O2/c1-2-15-9(10(13)14-11(15)17)6-3-4-8(16)7(12)5-6/h3-5,9,16H,2H2,1H3,(H2,13,14,17). The highest BCUT2D eigenvalue weighted by atomic mass is 19.1. The molecule has 0 saturated heterocycles. The quantitative estimate of drug-likeness (QED) is 0.815. The lowest BCUT2D eigenvalue weighted by Crippen LogP contribution is -2.33. The van der Waals surface area contributed by atoms with E-state index in [0.29, 0.717) is 12.1 Å². The average molecular weight is 237 g/mol. The molecule has 1 heterocycles. The van der Waals surface area contributed by atoms with E-state index in [1.165, 1.54) is 17.0 Å². The molecule has 3 N–H and O–H groups in total. The number of aliphatic imine (C=N–C) groups is 1. The van der Waals surface area contributed by atoms with E-state index in [4.69, 9.17) is 10.8 Å². The van der Waals surface area contributed by atoms with Crippen LogP contribution in [0.3, 0.4) is 0 Å². The molecule has 0 saturated carbocycles. The largest absolute Gasteiger partial charge is 0.505 e. The second-order valence-electron chi connectivity index (χ2n) is 3.72. The Bertz CT molecular complexity index is 501. The van der Waals surface area contributed by atoms with Gasteiger partial charge in [0.25, 0.3) is 0 Å². The first kappa shape index (κ1) is 11.4. The van der Waals surface area contributed by atoms with Crippen molar-refractivity contribution in [1.82, 2.24) is 4.90 Å². The predicted octanol–water partition coefficient (Wildman–Crippen LogP) is 1.39. The Labute approximate surface area is 97.4 Å². The first-order valence-electron chi connectivity index (χ1n) is 5.17. The summed E-state index contributed by atoms with van der Waals surface area (Å²) in [4.78, 5) is 16.5. The number of phenolic OH excluding ortho intramolecular Hbond substituents is 1. The molecule has 2 rings (SSSR count). The number of amides is 2. The highest BCUT2D eigenvalue weighted by Crippen LogP contribution is 2.29. The van der Waals surface area contributed by atoms with Gasteiger partial charge in [0.2, 0.25) is 0 Å². The van der Waals surface area contributed by atoms with Gasteiger partial charge in [0.15, 0.2) is 11.6 Å². The molecule has 1 aromatic rings. The molecule has 0 spiro atoms. The normalized spacial score (nSPS) is 19.6. The minimum Gasteiger partial charge on any atom is -0.505 e. The number of carbonyl (C=O) groups excluding carboxylic acids is 1. The molecular formula is C11H12FN3O2. The third-order valence-electron chi connectivity index (χ3n) is 2.69. The van der Waals surface area contributed by atoms with Crippen molar-refractivity contribution in [2.24, 2.45) is 10.7 Å². The second-order valence-corrected chi connectivity index (χ2v) is 3.72. The molecule has 0 bridgehead atoms. The third-order valence-corrected chi connectivity index (χ3v) is 2.69. The summed E-state index contributed by atoms with van der Waals surface area (Å²) in [6.45, 7) is 2.21. The number of halogens is 1. The molecule has 17 heavy (non-hydrogen) atoms. The first-order chi connectivity index (χ1) is 8.04. The highest BCUT2D eigenvalue weighted by molar-refractivity contribution is 6.03. The maximum absolute atomic E-state index is 13.3. The molecule has 0 aliphatic carbocycles. The number of rotatable bonds is 2. The van der Waals surface area contributed by atoms with Gasteiger partial charge in [-0.2, -0.15) is 4.99 Å². The van der Waals surface area contributed by atoms with E-state index in [1.54, 1.807) is 6.92 Å². The van der Waals surface area contributed by atoms with Crippen LogP contribution in [-0.4, -0.2) is 28.4 Å². The Kier molecular flexibility index (Phi) is 2.71. The lowest BCUT2D eigenvalue weighted by molar-refractivity contribution is 0.209. The molecule has 1 aliphatic heterocycles. The summed E-state index contributed by atoms with van der Waals surface area (Å²) in [6, 6.07) is 2.93. The van der Waals surface area contributed by atoms with Crippen molar-refractivity contribution in [3.8, 4) is 5.75 Å². The molecule has 2 amide bonds. The Morgan fingerprint density at radius 2 is 2.29 bits per heavy atom. The fourth-order valence-electron chi connectivity index (χ4n) is 1.87. The maximum Gasteiger partial charge on any atom is 0.346 e. The molecular weight excluding hydrogens is 225 g/mol. The highest BCUT2D eigenvalue weighted by Gasteiger charge is 2.33. The molecule has 1 atom stereocenters. The lowest BCUT2D eigenvalue weighted by atomic mass is 10.0. The van der Waals surface area contributed by atoms with Crippen LogP contribution in [0.25, 0.3) is 0 Å². The zero-order valence-corrected chi connectivity index (χ0v) is 9.22. The van der Waals surface area contributed by atoms with Crippen LogP contribution in [0.1, 0.15) is 18.5 Å². The van der Waals surface area contributed by atoms with Crippen molar-refractivity contribution < 1.29 is 14.3 Å². The summed E-state index contributed by atoms with van der Waals surface area (Å²) in [5, 5.41) is 9.11. The lowest BCUT2D eigenvalue weighted by Gasteiger charge is -2.22. The number of hydrogen-bond acceptors (Lipinski definition) is 3. The van der Waals surface area contributed by atoms with Gasteiger partial charge in [-0.1, -0.05) is 6.07 Å². The molecule has 0 fully saturated rings. The second kappa shape index (κ2) is 4.04. The molecule has 0 radical (unpaired) electrons. The van der Waals surface area contributed by atoms with E-state index >= 15 is 0 Å². The zero-order chi connectivity index (χ0) is 12.6. The number of hydrogen-bond donors (Lipinski definition) is 2. The SMILES string of the molecule is CCN1C(=O)N=C(N)C1c1ccc(O)c(F)c1. The maximum atomic E-state index is 13.3. The van der Waals surface area contributed by atoms with Gasteiger partial charge in [0.05, 0.1) is 0 Å². The Morgan fingerprint density at radius 3 is 2.88 bits per heavy atom. The summed E-state index contributed by atoms with van der Waals surface area (Å²) >= 11 is 0. The number of phenols is 1. The van der Waals surface area contributed by atoms with Gasteiger partial charge in [-0.05, 0) is 24.6 Å². The van der Waals surface area contributed by atoms with E-state index in [0.717, 1.165) is 6.07 Å². The van der Waals surface area contributed by atoms with Crippen LogP contribution in [0.15, 0.2) is 23.2 Å². The molecule has 1 aliphatic rings. The number of likely N-dealkylation sites (N-methyl/N-ethyl adjacent to an activating group) is 1. The number of nitrogens with zero attached hydrogens (tertiary/aromatic N) is 2. The number of amidine groups is 1. The number of aromatic hydroxyl groups is 1. The summed E-state index contributed by atoms with van der Waals surface area (Å²) < 4.78 is 13.3. The monoisotopic (exact) mass is 237 g/mol. The van der Waals surface area contributed by atoms with E-state index in [9.17, 15) is 9.18 Å². The van der Waals surface area contributed by atoms with Crippen LogP contribution in [0, 0.1) is 5.82 Å². The van der Waals surface area contributed by atoms with Crippen LogP contribution in [0.4, 0.5) is 9.18 Å². The Morgan fingerprint density at radius 1 is 1.59 bits per heavy atom. The van der Waals surface area contributed by atoms with Gasteiger partial charge >= 0.3 is 6.03 Å². The van der Waals surface area contributed by atoms with Gasteiger partial charge in [-0.25, -0.2) is 9.18 Å². The van der Waals surface area contributed by atoms with E-state index in [1.807, 2.05) is 0 Å². The molecule has 5 nitrogen and oxygen atoms in total. The van der Waals surface area contributed by atoms with Crippen molar-refractivity contribution in [1.29, 1.82) is 0 Å². The first-order valence-corrected chi connectivity index (χ1v) is 5.17. The van der Waals surface area contributed by atoms with Gasteiger partial charge in [0.1, 0.15) is 11.9 Å². The molecule has 0 aromatic heterocycles. The van der Waals surface area contributed by atoms with Crippen molar-refractivity contribution >= 4 is 11.9 Å². The minimum atomic E-state index is -0.745. The third kappa shape index (κ3) is 1.82. The van der Waals surface area contributed by atoms with Crippen LogP contribution in [0.5, 0.6) is 5.75 Å². The Balaban J connectivity index is 2.42. The number of nitrogens with two attached hydrogens (primary N) is 1. The van der Waals surface area contributed by atoms with Crippen molar-refractivity contribution in [2.45, 2.75) is 13.0 Å². The summed E-state index contributed by atoms with van der Waals surface area (Å²) in [5.74, 6) is -1.04. The summed E-state index contributed by atoms with van der Waals surface area (Å²) in [5.41, 5.74) is 6.15. The fraction of sp³-hybridized carbons (Fsp3) is 0.273. The van der Waals surface area contributed by atoms with Gasteiger partial charge in [-0.15, -0.1) is 0 Å². The molecule has 6 heteroatoms. The zero-order valence-electron chi connectivity index (χ0n) is 9.22. The van der Waals surface area contributed by atoms with Crippen LogP contribution >= 0.6 is 0 Å². The van der Waals surface area contributed by atoms with Crippen molar-refractivity contribution in [3.63, 3.8) is 0 Å². The van der Waals surface area contributed by atoms with E-state index in [-0.39, 0.29) is 5.84 Å². The smallest absolute Gasteiger partial charge is 0.346 e.